The standard InChI is InChI=1S/C9H14N2O/c1-6-9(5-12)10-7(2)11(6)8-3-4-8/h8,12H,3-5H2,1-2H3. The first-order valence-corrected chi connectivity index (χ1v) is 4.39. The quantitative estimate of drug-likeness (QED) is 0.719. The van der Waals surface area contributed by atoms with E-state index in [9.17, 15) is 0 Å². The van der Waals surface area contributed by atoms with E-state index in [4.69, 9.17) is 5.11 Å². The van der Waals surface area contributed by atoms with Gasteiger partial charge in [-0.3, -0.25) is 0 Å². The van der Waals surface area contributed by atoms with Crippen molar-refractivity contribution in [1.29, 1.82) is 0 Å². The highest BCUT2D eigenvalue weighted by Crippen LogP contribution is 2.37. The summed E-state index contributed by atoms with van der Waals surface area (Å²) in [5.74, 6) is 1.04. The van der Waals surface area contributed by atoms with E-state index in [2.05, 4.69) is 9.55 Å². The smallest absolute Gasteiger partial charge is 0.106 e. The molecule has 0 radical (unpaired) electrons. The van der Waals surface area contributed by atoms with Gasteiger partial charge < -0.3 is 9.67 Å². The molecular weight excluding hydrogens is 152 g/mol. The molecule has 0 bridgehead atoms. The molecule has 0 atom stereocenters. The molecule has 0 aliphatic heterocycles. The molecule has 0 amide bonds. The lowest BCUT2D eigenvalue weighted by Crippen LogP contribution is -1.99. The summed E-state index contributed by atoms with van der Waals surface area (Å²) in [5, 5.41) is 8.98. The third-order valence-corrected chi connectivity index (χ3v) is 2.49. The number of aliphatic hydroxyl groups excluding tert-OH is 1. The van der Waals surface area contributed by atoms with Gasteiger partial charge in [-0.15, -0.1) is 0 Å². The highest BCUT2D eigenvalue weighted by atomic mass is 16.3. The fraction of sp³-hybridized carbons (Fsp3) is 0.667. The van der Waals surface area contributed by atoms with Gasteiger partial charge in [0.05, 0.1) is 12.3 Å². The first-order chi connectivity index (χ1) is 5.74. The Balaban J connectivity index is 2.44. The van der Waals surface area contributed by atoms with Crippen molar-refractivity contribution in [2.24, 2.45) is 0 Å². The van der Waals surface area contributed by atoms with Crippen molar-refractivity contribution in [2.75, 3.05) is 0 Å². The van der Waals surface area contributed by atoms with Crippen molar-refractivity contribution in [3.8, 4) is 0 Å². The molecular formula is C9H14N2O. The minimum absolute atomic E-state index is 0.0619. The van der Waals surface area contributed by atoms with E-state index in [1.165, 1.54) is 12.8 Å². The maximum Gasteiger partial charge on any atom is 0.106 e. The molecule has 1 heterocycles. The molecule has 1 aliphatic carbocycles. The van der Waals surface area contributed by atoms with Gasteiger partial charge in [-0.1, -0.05) is 0 Å². The second kappa shape index (κ2) is 2.59. The van der Waals surface area contributed by atoms with Gasteiger partial charge in [0.2, 0.25) is 0 Å². The molecule has 3 nitrogen and oxygen atoms in total. The number of aryl methyl sites for hydroxylation is 1. The summed E-state index contributed by atoms with van der Waals surface area (Å²) in [6.45, 7) is 4.10. The van der Waals surface area contributed by atoms with Gasteiger partial charge in [-0.25, -0.2) is 4.98 Å². The van der Waals surface area contributed by atoms with E-state index in [1.54, 1.807) is 0 Å². The predicted molar refractivity (Wildman–Crippen MR) is 45.9 cm³/mol. The Kier molecular flexibility index (Phi) is 1.68. The van der Waals surface area contributed by atoms with E-state index in [0.29, 0.717) is 6.04 Å². The zero-order valence-corrected chi connectivity index (χ0v) is 7.54. The summed E-state index contributed by atoms with van der Waals surface area (Å²) < 4.78 is 2.24. The van der Waals surface area contributed by atoms with Crippen LogP contribution in [0.5, 0.6) is 0 Å². The Morgan fingerprint density at radius 3 is 2.58 bits per heavy atom. The first kappa shape index (κ1) is 7.80. The summed E-state index contributed by atoms with van der Waals surface area (Å²) in [6.07, 6.45) is 2.53. The number of hydrogen-bond acceptors (Lipinski definition) is 2. The Hall–Kier alpha value is -0.830. The van der Waals surface area contributed by atoms with Gasteiger partial charge in [0.15, 0.2) is 0 Å². The molecule has 1 aliphatic rings. The maximum atomic E-state index is 8.98. The summed E-state index contributed by atoms with van der Waals surface area (Å²) in [4.78, 5) is 4.30. The minimum atomic E-state index is 0.0619. The largest absolute Gasteiger partial charge is 0.390 e. The molecule has 2 rings (SSSR count). The van der Waals surface area contributed by atoms with Crippen molar-refractivity contribution < 1.29 is 5.11 Å². The number of rotatable bonds is 2. The van der Waals surface area contributed by atoms with Gasteiger partial charge in [-0.05, 0) is 26.7 Å². The molecule has 3 heteroatoms. The van der Waals surface area contributed by atoms with E-state index in [1.807, 2.05) is 13.8 Å². The van der Waals surface area contributed by atoms with E-state index in [-0.39, 0.29) is 6.61 Å². The average molecular weight is 166 g/mol. The topological polar surface area (TPSA) is 38.1 Å². The van der Waals surface area contributed by atoms with Crippen molar-refractivity contribution in [1.82, 2.24) is 9.55 Å². The second-order valence-electron chi connectivity index (χ2n) is 3.45. The van der Waals surface area contributed by atoms with Crippen molar-refractivity contribution in [2.45, 2.75) is 39.3 Å². The molecule has 0 spiro atoms. The maximum absolute atomic E-state index is 8.98. The van der Waals surface area contributed by atoms with Crippen LogP contribution in [-0.4, -0.2) is 14.7 Å². The number of aromatic nitrogens is 2. The fourth-order valence-corrected chi connectivity index (χ4v) is 1.73. The normalized spacial score (nSPS) is 16.9. The van der Waals surface area contributed by atoms with Crippen LogP contribution in [0.1, 0.15) is 36.1 Å². The molecule has 1 fully saturated rings. The van der Waals surface area contributed by atoms with Crippen LogP contribution >= 0.6 is 0 Å². The van der Waals surface area contributed by atoms with Crippen LogP contribution < -0.4 is 0 Å². The summed E-state index contributed by atoms with van der Waals surface area (Å²) >= 11 is 0. The highest BCUT2D eigenvalue weighted by molar-refractivity contribution is 5.17. The lowest BCUT2D eigenvalue weighted by molar-refractivity contribution is 0.276. The Morgan fingerprint density at radius 1 is 1.50 bits per heavy atom. The SMILES string of the molecule is Cc1nc(CO)c(C)n1C1CC1. The number of aliphatic hydroxyl groups is 1. The predicted octanol–water partition coefficient (Wildman–Crippen LogP) is 1.33. The van der Waals surface area contributed by atoms with Crippen LogP contribution in [0.15, 0.2) is 0 Å². The van der Waals surface area contributed by atoms with Crippen LogP contribution in [0, 0.1) is 13.8 Å². The molecule has 0 saturated heterocycles. The molecule has 66 valence electrons. The molecule has 12 heavy (non-hydrogen) atoms. The Morgan fingerprint density at radius 2 is 2.17 bits per heavy atom. The van der Waals surface area contributed by atoms with Crippen LogP contribution in [0.25, 0.3) is 0 Å². The zero-order valence-electron chi connectivity index (χ0n) is 7.54. The highest BCUT2D eigenvalue weighted by Gasteiger charge is 2.27. The molecule has 1 aromatic heterocycles. The summed E-state index contributed by atoms with van der Waals surface area (Å²) in [7, 11) is 0. The molecule has 1 aromatic rings. The third kappa shape index (κ3) is 1.05. The van der Waals surface area contributed by atoms with Gasteiger partial charge >= 0.3 is 0 Å². The Labute approximate surface area is 72.0 Å². The van der Waals surface area contributed by atoms with Gasteiger partial charge in [0.1, 0.15) is 5.82 Å². The monoisotopic (exact) mass is 166 g/mol. The third-order valence-electron chi connectivity index (χ3n) is 2.49. The average Bonchev–Trinajstić information content (AvgIpc) is 2.80. The van der Waals surface area contributed by atoms with Crippen LogP contribution in [0.2, 0.25) is 0 Å². The van der Waals surface area contributed by atoms with Crippen molar-refractivity contribution in [3.63, 3.8) is 0 Å². The number of nitrogens with zero attached hydrogens (tertiary/aromatic N) is 2. The summed E-state index contributed by atoms with van der Waals surface area (Å²) in [5.41, 5.74) is 1.97. The zero-order chi connectivity index (χ0) is 8.72. The molecule has 1 saturated carbocycles. The van der Waals surface area contributed by atoms with Crippen LogP contribution in [0.4, 0.5) is 0 Å². The lowest BCUT2D eigenvalue weighted by atomic mass is 10.3. The van der Waals surface area contributed by atoms with E-state index in [0.717, 1.165) is 17.2 Å². The van der Waals surface area contributed by atoms with Crippen molar-refractivity contribution >= 4 is 0 Å². The second-order valence-corrected chi connectivity index (χ2v) is 3.45. The lowest BCUT2D eigenvalue weighted by Gasteiger charge is -2.04. The number of imidazole rings is 1. The van der Waals surface area contributed by atoms with E-state index < -0.39 is 0 Å². The van der Waals surface area contributed by atoms with Crippen molar-refractivity contribution in [3.05, 3.63) is 17.2 Å². The first-order valence-electron chi connectivity index (χ1n) is 4.39. The Bertz CT molecular complexity index is 300. The van der Waals surface area contributed by atoms with Gasteiger partial charge in [0.25, 0.3) is 0 Å². The number of hydrogen-bond donors (Lipinski definition) is 1. The molecule has 0 aromatic carbocycles. The van der Waals surface area contributed by atoms with E-state index >= 15 is 0 Å². The summed E-state index contributed by atoms with van der Waals surface area (Å²) in [6, 6.07) is 0.665. The fourth-order valence-electron chi connectivity index (χ4n) is 1.73. The van der Waals surface area contributed by atoms with Crippen LogP contribution in [0.3, 0.4) is 0 Å². The van der Waals surface area contributed by atoms with Gasteiger partial charge in [0, 0.05) is 11.7 Å². The molecule has 1 N–H and O–H groups in total. The minimum Gasteiger partial charge on any atom is -0.390 e. The van der Waals surface area contributed by atoms with Crippen LogP contribution in [-0.2, 0) is 6.61 Å². The van der Waals surface area contributed by atoms with Gasteiger partial charge in [-0.2, -0.15) is 0 Å². The molecule has 0 unspecified atom stereocenters.